The lowest BCUT2D eigenvalue weighted by Gasteiger charge is -2.27. The van der Waals surface area contributed by atoms with Gasteiger partial charge in [0, 0.05) is 31.6 Å². The monoisotopic (exact) mass is 318 g/mol. The molecule has 0 radical (unpaired) electrons. The van der Waals surface area contributed by atoms with E-state index in [0.29, 0.717) is 18.0 Å². The quantitative estimate of drug-likeness (QED) is 0.894. The van der Waals surface area contributed by atoms with Gasteiger partial charge >= 0.3 is 0 Å². The third-order valence-electron chi connectivity index (χ3n) is 3.61. The number of nitrogens with two attached hydrogens (primary N) is 1. The number of rotatable bonds is 5. The third kappa shape index (κ3) is 3.23. The number of nitrogens with zero attached hydrogens (tertiary/aromatic N) is 1. The molecule has 7 heteroatoms. The Balaban J connectivity index is 2.18. The van der Waals surface area contributed by atoms with Crippen molar-refractivity contribution in [1.82, 2.24) is 4.31 Å². The van der Waals surface area contributed by atoms with Crippen molar-refractivity contribution in [2.75, 3.05) is 26.8 Å². The first-order chi connectivity index (χ1) is 9.46. The zero-order valence-corrected chi connectivity index (χ0v) is 13.6. The zero-order chi connectivity index (χ0) is 14.8. The maximum Gasteiger partial charge on any atom is 0.244 e. The lowest BCUT2D eigenvalue weighted by molar-refractivity contribution is 0.0495. The van der Waals surface area contributed by atoms with Crippen molar-refractivity contribution in [3.8, 4) is 0 Å². The molecule has 0 aliphatic carbocycles. The van der Waals surface area contributed by atoms with Crippen molar-refractivity contribution >= 4 is 21.4 Å². The summed E-state index contributed by atoms with van der Waals surface area (Å²) < 4.78 is 32.3. The fraction of sp³-hybridized carbons (Fsp3) is 0.692. The molecular formula is C13H22N2O3S2. The summed E-state index contributed by atoms with van der Waals surface area (Å²) in [7, 11) is -1.82. The summed E-state index contributed by atoms with van der Waals surface area (Å²) in [5.41, 5.74) is 6.43. The minimum atomic E-state index is -3.46. The van der Waals surface area contributed by atoms with Crippen molar-refractivity contribution in [1.29, 1.82) is 0 Å². The molecule has 20 heavy (non-hydrogen) atoms. The van der Waals surface area contributed by atoms with Gasteiger partial charge in [-0.15, -0.1) is 11.3 Å². The second kappa shape index (κ2) is 6.53. The first kappa shape index (κ1) is 15.9. The maximum atomic E-state index is 12.7. The summed E-state index contributed by atoms with van der Waals surface area (Å²) in [4.78, 5) is 1.12. The second-order valence-corrected chi connectivity index (χ2v) is 8.19. The van der Waals surface area contributed by atoms with Crippen LogP contribution in [-0.2, 0) is 21.3 Å². The topological polar surface area (TPSA) is 72.6 Å². The van der Waals surface area contributed by atoms with Gasteiger partial charge in [-0.05, 0) is 36.6 Å². The molecular weight excluding hydrogens is 296 g/mol. The molecule has 0 spiro atoms. The smallest absolute Gasteiger partial charge is 0.244 e. The van der Waals surface area contributed by atoms with Gasteiger partial charge in [0.2, 0.25) is 10.0 Å². The lowest BCUT2D eigenvalue weighted by atomic mass is 10.0. The summed E-state index contributed by atoms with van der Waals surface area (Å²) in [5.74, 6) is 0.281. The lowest BCUT2D eigenvalue weighted by Crippen LogP contribution is -2.35. The molecule has 1 aromatic rings. The summed E-state index contributed by atoms with van der Waals surface area (Å²) in [6, 6.07) is 0. The van der Waals surface area contributed by atoms with Gasteiger partial charge in [-0.3, -0.25) is 0 Å². The zero-order valence-electron chi connectivity index (χ0n) is 12.0. The van der Waals surface area contributed by atoms with Crippen molar-refractivity contribution in [2.45, 2.75) is 31.2 Å². The average molecular weight is 318 g/mol. The highest BCUT2D eigenvalue weighted by Crippen LogP contribution is 2.29. The van der Waals surface area contributed by atoms with E-state index < -0.39 is 10.0 Å². The molecule has 1 fully saturated rings. The summed E-state index contributed by atoms with van der Waals surface area (Å²) in [6.45, 7) is 4.01. The Morgan fingerprint density at radius 2 is 2.30 bits per heavy atom. The van der Waals surface area contributed by atoms with E-state index in [1.54, 1.807) is 7.05 Å². The SMILES string of the molecule is Cc1csc(CN)c1S(=O)(=O)N(C)CC1CCCOC1. The molecule has 0 bridgehead atoms. The standard InChI is InChI=1S/C13H22N2O3S2/c1-10-9-19-12(6-14)13(10)20(16,17)15(2)7-11-4-3-5-18-8-11/h9,11H,3-8,14H2,1-2H3. The number of hydrogen-bond donors (Lipinski definition) is 1. The van der Waals surface area contributed by atoms with E-state index >= 15 is 0 Å². The van der Waals surface area contributed by atoms with Crippen LogP contribution in [0.2, 0.25) is 0 Å². The number of aryl methyl sites for hydroxylation is 1. The van der Waals surface area contributed by atoms with E-state index in [9.17, 15) is 8.42 Å². The molecule has 0 amide bonds. The van der Waals surface area contributed by atoms with Crippen molar-refractivity contribution in [2.24, 2.45) is 11.7 Å². The van der Waals surface area contributed by atoms with E-state index in [4.69, 9.17) is 10.5 Å². The van der Waals surface area contributed by atoms with Gasteiger partial charge in [0.25, 0.3) is 0 Å². The van der Waals surface area contributed by atoms with E-state index in [2.05, 4.69) is 0 Å². The van der Waals surface area contributed by atoms with Crippen LogP contribution < -0.4 is 5.73 Å². The molecule has 1 aliphatic rings. The Morgan fingerprint density at radius 3 is 2.90 bits per heavy atom. The van der Waals surface area contributed by atoms with Crippen molar-refractivity contribution < 1.29 is 13.2 Å². The Kier molecular flexibility index (Phi) is 5.19. The predicted molar refractivity (Wildman–Crippen MR) is 80.3 cm³/mol. The number of hydrogen-bond acceptors (Lipinski definition) is 5. The predicted octanol–water partition coefficient (Wildman–Crippen LogP) is 1.56. The van der Waals surface area contributed by atoms with Gasteiger partial charge in [-0.1, -0.05) is 0 Å². The number of sulfonamides is 1. The average Bonchev–Trinajstić information content (AvgIpc) is 2.81. The minimum absolute atomic E-state index is 0.257. The summed E-state index contributed by atoms with van der Waals surface area (Å²) in [5, 5.41) is 1.85. The summed E-state index contributed by atoms with van der Waals surface area (Å²) >= 11 is 1.41. The van der Waals surface area contributed by atoms with Gasteiger partial charge in [0.15, 0.2) is 0 Å². The van der Waals surface area contributed by atoms with Crippen LogP contribution >= 0.6 is 11.3 Å². The number of thiophene rings is 1. The van der Waals surface area contributed by atoms with E-state index in [-0.39, 0.29) is 12.5 Å². The highest BCUT2D eigenvalue weighted by atomic mass is 32.2. The Hall–Kier alpha value is -0.470. The van der Waals surface area contributed by atoms with Gasteiger partial charge in [-0.2, -0.15) is 0 Å². The van der Waals surface area contributed by atoms with Crippen LogP contribution in [0, 0.1) is 12.8 Å². The van der Waals surface area contributed by atoms with Crippen LogP contribution in [0.25, 0.3) is 0 Å². The minimum Gasteiger partial charge on any atom is -0.381 e. The third-order valence-corrected chi connectivity index (χ3v) is 6.92. The van der Waals surface area contributed by atoms with E-state index in [1.165, 1.54) is 15.6 Å². The largest absolute Gasteiger partial charge is 0.381 e. The highest BCUT2D eigenvalue weighted by molar-refractivity contribution is 7.89. The van der Waals surface area contributed by atoms with E-state index in [1.807, 2.05) is 12.3 Å². The molecule has 0 saturated carbocycles. The van der Waals surface area contributed by atoms with Crippen LogP contribution in [0.15, 0.2) is 10.3 Å². The molecule has 1 aromatic heterocycles. The first-order valence-electron chi connectivity index (χ1n) is 6.78. The molecule has 2 heterocycles. The van der Waals surface area contributed by atoms with Gasteiger partial charge in [0.1, 0.15) is 4.90 Å². The second-order valence-electron chi connectivity index (χ2n) is 5.24. The van der Waals surface area contributed by atoms with E-state index in [0.717, 1.165) is 29.9 Å². The molecule has 2 N–H and O–H groups in total. The first-order valence-corrected chi connectivity index (χ1v) is 9.10. The Morgan fingerprint density at radius 1 is 1.55 bits per heavy atom. The van der Waals surface area contributed by atoms with Crippen LogP contribution in [0.5, 0.6) is 0 Å². The summed E-state index contributed by atoms with van der Waals surface area (Å²) in [6.07, 6.45) is 2.02. The molecule has 1 unspecified atom stereocenters. The fourth-order valence-electron chi connectivity index (χ4n) is 2.54. The van der Waals surface area contributed by atoms with Crippen molar-refractivity contribution in [3.63, 3.8) is 0 Å². The molecule has 1 saturated heterocycles. The van der Waals surface area contributed by atoms with Gasteiger partial charge < -0.3 is 10.5 Å². The highest BCUT2D eigenvalue weighted by Gasteiger charge is 2.29. The molecule has 2 rings (SSSR count). The van der Waals surface area contributed by atoms with Crippen LogP contribution in [0.1, 0.15) is 23.3 Å². The van der Waals surface area contributed by atoms with Crippen molar-refractivity contribution in [3.05, 3.63) is 15.8 Å². The maximum absolute atomic E-state index is 12.7. The number of ether oxygens (including phenoxy) is 1. The van der Waals surface area contributed by atoms with Crippen LogP contribution in [-0.4, -0.2) is 39.5 Å². The van der Waals surface area contributed by atoms with Gasteiger partial charge in [0.05, 0.1) is 6.61 Å². The Bertz CT molecular complexity index is 548. The molecule has 1 atom stereocenters. The van der Waals surface area contributed by atoms with Crippen LogP contribution in [0.3, 0.4) is 0 Å². The fourth-order valence-corrected chi connectivity index (χ4v) is 5.44. The molecule has 5 nitrogen and oxygen atoms in total. The van der Waals surface area contributed by atoms with Gasteiger partial charge in [-0.25, -0.2) is 12.7 Å². The molecule has 114 valence electrons. The molecule has 0 aromatic carbocycles. The molecule has 1 aliphatic heterocycles. The Labute approximate surface area is 124 Å². The normalized spacial score (nSPS) is 20.5. The van der Waals surface area contributed by atoms with Crippen LogP contribution in [0.4, 0.5) is 0 Å².